The number of carboxylic acid groups (broad SMARTS) is 2. The van der Waals surface area contributed by atoms with E-state index < -0.39 is 54.3 Å². The lowest BCUT2D eigenvalue weighted by Crippen LogP contribution is -2.57. The molecule has 1 rings (SSSR count). The Hall–Kier alpha value is -2.34. The molecule has 1 aliphatic rings. The van der Waals surface area contributed by atoms with Crippen molar-refractivity contribution in [3.63, 3.8) is 0 Å². The van der Waals surface area contributed by atoms with Gasteiger partial charge in [0.25, 0.3) is 0 Å². The van der Waals surface area contributed by atoms with E-state index in [2.05, 4.69) is 23.3 Å². The minimum atomic E-state index is -1.65. The van der Waals surface area contributed by atoms with Gasteiger partial charge in [0, 0.05) is 12.3 Å². The van der Waals surface area contributed by atoms with Crippen LogP contribution in [0.25, 0.3) is 0 Å². The van der Waals surface area contributed by atoms with Gasteiger partial charge in [-0.3, -0.25) is 19.2 Å². The first-order valence-corrected chi connectivity index (χ1v) is 10.4. The van der Waals surface area contributed by atoms with Gasteiger partial charge in [-0.25, -0.2) is 4.79 Å². The van der Waals surface area contributed by atoms with E-state index in [1.165, 1.54) is 4.90 Å². The van der Waals surface area contributed by atoms with E-state index in [0.717, 1.165) is 0 Å². The largest absolute Gasteiger partial charge is 0.481 e. The molecule has 0 aromatic rings. The number of nitrogens with one attached hydrogen (secondary N) is 2. The molecule has 3 amide bonds. The van der Waals surface area contributed by atoms with Crippen LogP contribution in [-0.2, 0) is 24.0 Å². The van der Waals surface area contributed by atoms with Crippen LogP contribution in [-0.4, -0.2) is 81.2 Å². The monoisotopic (exact) mass is 446 g/mol. The number of rotatable bonds is 11. The van der Waals surface area contributed by atoms with Crippen molar-refractivity contribution in [1.82, 2.24) is 15.5 Å². The van der Waals surface area contributed by atoms with Crippen molar-refractivity contribution >= 4 is 42.3 Å². The number of carboxylic acids is 2. The highest BCUT2D eigenvalue weighted by Crippen LogP contribution is 2.20. The normalized spacial score (nSPS) is 20.0. The lowest BCUT2D eigenvalue weighted by molar-refractivity contribution is -0.147. The molecule has 0 aliphatic carbocycles. The zero-order valence-electron chi connectivity index (χ0n) is 17.0. The molecule has 12 heteroatoms. The summed E-state index contributed by atoms with van der Waals surface area (Å²) in [6.07, 6.45) is 0.907. The van der Waals surface area contributed by atoms with Crippen molar-refractivity contribution in [2.75, 3.05) is 12.3 Å². The number of likely N-dealkylation sites (tertiary alicyclic amines) is 1. The van der Waals surface area contributed by atoms with E-state index in [9.17, 15) is 24.0 Å². The summed E-state index contributed by atoms with van der Waals surface area (Å²) >= 11 is 4.01. The highest BCUT2D eigenvalue weighted by molar-refractivity contribution is 7.80. The second-order valence-corrected chi connectivity index (χ2v) is 7.71. The van der Waals surface area contributed by atoms with Crippen LogP contribution in [0.4, 0.5) is 0 Å². The van der Waals surface area contributed by atoms with E-state index >= 15 is 0 Å². The first-order chi connectivity index (χ1) is 14.0. The van der Waals surface area contributed by atoms with Crippen molar-refractivity contribution in [3.05, 3.63) is 0 Å². The van der Waals surface area contributed by atoms with Crippen LogP contribution in [0.2, 0.25) is 0 Å². The average Bonchev–Trinajstić information content (AvgIpc) is 3.18. The van der Waals surface area contributed by atoms with E-state index in [-0.39, 0.29) is 17.6 Å². The maximum atomic E-state index is 12.7. The van der Waals surface area contributed by atoms with Gasteiger partial charge in [-0.1, -0.05) is 20.3 Å². The summed E-state index contributed by atoms with van der Waals surface area (Å²) < 4.78 is 0. The van der Waals surface area contributed by atoms with Crippen molar-refractivity contribution in [2.45, 2.75) is 63.7 Å². The minimum Gasteiger partial charge on any atom is -0.481 e. The van der Waals surface area contributed by atoms with Crippen molar-refractivity contribution in [1.29, 1.82) is 0 Å². The Bertz CT molecular complexity index is 675. The highest BCUT2D eigenvalue weighted by Gasteiger charge is 2.38. The zero-order valence-corrected chi connectivity index (χ0v) is 17.9. The fourth-order valence-corrected chi connectivity index (χ4v) is 3.36. The Kier molecular flexibility index (Phi) is 10.1. The summed E-state index contributed by atoms with van der Waals surface area (Å²) in [6.45, 7) is 4.14. The predicted octanol–water partition coefficient (Wildman–Crippen LogP) is -1.19. The van der Waals surface area contributed by atoms with Gasteiger partial charge in [-0.2, -0.15) is 12.6 Å². The predicted molar refractivity (Wildman–Crippen MR) is 110 cm³/mol. The van der Waals surface area contributed by atoms with Crippen LogP contribution in [0.5, 0.6) is 0 Å². The topological polar surface area (TPSA) is 179 Å². The number of nitrogens with zero attached hydrogens (tertiary/aromatic N) is 1. The number of nitrogens with two attached hydrogens (primary N) is 1. The maximum Gasteiger partial charge on any atom is 0.326 e. The van der Waals surface area contributed by atoms with Crippen LogP contribution in [0.3, 0.4) is 0 Å². The fraction of sp³-hybridized carbons (Fsp3) is 0.722. The van der Waals surface area contributed by atoms with Crippen LogP contribution >= 0.6 is 12.6 Å². The van der Waals surface area contributed by atoms with Gasteiger partial charge in [0.1, 0.15) is 18.1 Å². The number of aliphatic carboxylic acids is 2. The van der Waals surface area contributed by atoms with Gasteiger partial charge in [-0.15, -0.1) is 0 Å². The van der Waals surface area contributed by atoms with Gasteiger partial charge < -0.3 is 31.5 Å². The smallest absolute Gasteiger partial charge is 0.326 e. The number of thiol groups is 1. The third-order valence-corrected chi connectivity index (χ3v) is 5.55. The summed E-state index contributed by atoms with van der Waals surface area (Å²) in [7, 11) is 0. The first kappa shape index (κ1) is 25.7. The van der Waals surface area contributed by atoms with Crippen LogP contribution in [0, 0.1) is 5.92 Å². The van der Waals surface area contributed by atoms with Gasteiger partial charge in [-0.05, 0) is 18.8 Å². The molecule has 0 bridgehead atoms. The molecule has 1 fully saturated rings. The number of carbonyl (C=O) groups is 5. The Balaban J connectivity index is 2.81. The third-order valence-electron chi connectivity index (χ3n) is 5.19. The summed E-state index contributed by atoms with van der Waals surface area (Å²) in [5.74, 6) is -4.89. The molecule has 30 heavy (non-hydrogen) atoms. The zero-order chi connectivity index (χ0) is 23.0. The Morgan fingerprint density at radius 1 is 1.17 bits per heavy atom. The molecular weight excluding hydrogens is 416 g/mol. The molecule has 6 N–H and O–H groups in total. The molecular formula is C18H30N4O7S. The van der Waals surface area contributed by atoms with E-state index in [0.29, 0.717) is 25.8 Å². The van der Waals surface area contributed by atoms with Gasteiger partial charge in [0.15, 0.2) is 0 Å². The molecule has 0 aromatic carbocycles. The molecule has 1 saturated heterocycles. The van der Waals surface area contributed by atoms with E-state index in [1.807, 2.05) is 13.8 Å². The van der Waals surface area contributed by atoms with E-state index in [1.54, 1.807) is 0 Å². The SMILES string of the molecule is CCC(C)C(N)C(=O)N1CCCC1C(=O)NC(CS)C(=O)NC(CC(=O)O)C(=O)O. The Labute approximate surface area is 180 Å². The lowest BCUT2D eigenvalue weighted by Gasteiger charge is -2.29. The van der Waals surface area contributed by atoms with Crippen molar-refractivity contribution < 1.29 is 34.2 Å². The fourth-order valence-electron chi connectivity index (χ4n) is 3.10. The molecule has 11 nitrogen and oxygen atoms in total. The van der Waals surface area contributed by atoms with Gasteiger partial charge in [0.2, 0.25) is 17.7 Å². The van der Waals surface area contributed by atoms with E-state index in [4.69, 9.17) is 15.9 Å². The van der Waals surface area contributed by atoms with Crippen molar-refractivity contribution in [3.8, 4) is 0 Å². The van der Waals surface area contributed by atoms with Crippen LogP contribution in [0.1, 0.15) is 39.5 Å². The summed E-state index contributed by atoms with van der Waals surface area (Å²) in [4.78, 5) is 61.0. The Morgan fingerprint density at radius 3 is 2.30 bits per heavy atom. The van der Waals surface area contributed by atoms with Crippen LogP contribution in [0.15, 0.2) is 0 Å². The second kappa shape index (κ2) is 11.7. The minimum absolute atomic E-state index is 0.0556. The summed E-state index contributed by atoms with van der Waals surface area (Å²) in [5, 5.41) is 22.4. The molecule has 5 atom stereocenters. The number of amides is 3. The summed E-state index contributed by atoms with van der Waals surface area (Å²) in [6, 6.07) is -4.37. The van der Waals surface area contributed by atoms with Crippen molar-refractivity contribution in [2.24, 2.45) is 11.7 Å². The third kappa shape index (κ3) is 6.87. The standard InChI is InChI=1S/C18H30N4O7S/c1-3-9(2)14(19)17(27)22-6-4-5-12(22)16(26)21-11(8-30)15(25)20-10(18(28)29)7-13(23)24/h9-12,14,30H,3-8,19H2,1-2H3,(H,20,25)(H,21,26)(H,23,24)(H,28,29). The number of carbonyl (C=O) groups excluding carboxylic acids is 3. The van der Waals surface area contributed by atoms with Gasteiger partial charge >= 0.3 is 11.9 Å². The molecule has 1 heterocycles. The number of hydrogen-bond donors (Lipinski definition) is 6. The Morgan fingerprint density at radius 2 is 1.80 bits per heavy atom. The molecule has 0 saturated carbocycles. The second-order valence-electron chi connectivity index (χ2n) is 7.34. The molecule has 0 spiro atoms. The molecule has 170 valence electrons. The van der Waals surface area contributed by atoms with Crippen LogP contribution < -0.4 is 16.4 Å². The average molecular weight is 447 g/mol. The number of hydrogen-bond acceptors (Lipinski definition) is 7. The first-order valence-electron chi connectivity index (χ1n) is 9.75. The van der Waals surface area contributed by atoms with Gasteiger partial charge in [0.05, 0.1) is 12.5 Å². The molecule has 0 aromatic heterocycles. The maximum absolute atomic E-state index is 12.7. The summed E-state index contributed by atoms with van der Waals surface area (Å²) in [5.41, 5.74) is 6.01. The molecule has 1 aliphatic heterocycles. The lowest BCUT2D eigenvalue weighted by atomic mass is 9.98. The molecule has 0 radical (unpaired) electrons. The quantitative estimate of drug-likeness (QED) is 0.214. The molecule has 5 unspecified atom stereocenters. The highest BCUT2D eigenvalue weighted by atomic mass is 32.1.